The molecule has 0 saturated heterocycles. The minimum atomic E-state index is -0.128. The topological polar surface area (TPSA) is 30.7 Å². The van der Waals surface area contributed by atoms with Crippen LogP contribution in [0.15, 0.2) is 23.8 Å². The maximum atomic E-state index is 11.1. The normalized spacial score (nSPS) is 16.8. The van der Waals surface area contributed by atoms with Crippen LogP contribution in [-0.2, 0) is 9.53 Å². The first-order valence-electron chi connectivity index (χ1n) is 5.90. The lowest BCUT2D eigenvalue weighted by Gasteiger charge is -2.21. The maximum Gasteiger partial charge on any atom is 0.311 e. The first kappa shape index (κ1) is 13.0. The Hall–Kier alpha value is -1.09. The van der Waals surface area contributed by atoms with Crippen molar-refractivity contribution in [3.8, 4) is 0 Å². The van der Waals surface area contributed by atoms with Gasteiger partial charge in [-0.05, 0) is 25.3 Å². The third-order valence-electron chi connectivity index (χ3n) is 2.51. The summed E-state index contributed by atoms with van der Waals surface area (Å²) < 4.78 is 4.87. The van der Waals surface area contributed by atoms with Crippen molar-refractivity contribution < 1.29 is 14.4 Å². The zero-order valence-electron chi connectivity index (χ0n) is 10.00. The number of carbonyl (C=O) groups excluding carboxylic acids is 1. The second-order valence-corrected chi connectivity index (χ2v) is 3.99. The Morgan fingerprint density at radius 2 is 2.38 bits per heavy atom. The van der Waals surface area contributed by atoms with E-state index >= 15 is 0 Å². The van der Waals surface area contributed by atoms with Gasteiger partial charge in [0.05, 0.1) is 26.1 Å². The zero-order valence-corrected chi connectivity index (χ0v) is 10.00. The Morgan fingerprint density at radius 1 is 1.56 bits per heavy atom. The SMILES string of the molecule is [CH2-][NH+](CCC(=O)OCC)CC1=CCCC=C1. The summed E-state index contributed by atoms with van der Waals surface area (Å²) in [5.41, 5.74) is 1.32. The lowest BCUT2D eigenvalue weighted by molar-refractivity contribution is -0.847. The fourth-order valence-corrected chi connectivity index (χ4v) is 1.69. The molecule has 0 aromatic rings. The molecule has 3 heteroatoms. The predicted molar refractivity (Wildman–Crippen MR) is 63.8 cm³/mol. The molecule has 0 aliphatic heterocycles. The maximum absolute atomic E-state index is 11.1. The second kappa shape index (κ2) is 7.23. The molecule has 0 aromatic heterocycles. The molecule has 0 aromatic carbocycles. The van der Waals surface area contributed by atoms with Gasteiger partial charge in [0.2, 0.25) is 0 Å². The fraction of sp³-hybridized carbons (Fsp3) is 0.538. The van der Waals surface area contributed by atoms with Crippen molar-refractivity contribution in [1.82, 2.24) is 0 Å². The van der Waals surface area contributed by atoms with Crippen molar-refractivity contribution in [3.05, 3.63) is 30.8 Å². The van der Waals surface area contributed by atoms with Crippen LogP contribution in [0.5, 0.6) is 0 Å². The Bertz CT molecular complexity index is 282. The Morgan fingerprint density at radius 3 is 3.00 bits per heavy atom. The highest BCUT2D eigenvalue weighted by Crippen LogP contribution is 2.07. The monoisotopic (exact) mass is 223 g/mol. The summed E-state index contributed by atoms with van der Waals surface area (Å²) in [5, 5.41) is 0. The van der Waals surface area contributed by atoms with Crippen molar-refractivity contribution in [3.63, 3.8) is 0 Å². The summed E-state index contributed by atoms with van der Waals surface area (Å²) in [6.45, 7) is 3.89. The van der Waals surface area contributed by atoms with Gasteiger partial charge in [0.25, 0.3) is 0 Å². The molecule has 1 N–H and O–H groups in total. The van der Waals surface area contributed by atoms with Crippen LogP contribution in [-0.4, -0.2) is 25.7 Å². The van der Waals surface area contributed by atoms with Gasteiger partial charge in [-0.25, -0.2) is 0 Å². The van der Waals surface area contributed by atoms with E-state index in [0.717, 1.165) is 30.8 Å². The molecule has 3 nitrogen and oxygen atoms in total. The molecule has 0 heterocycles. The number of quaternary nitrogens is 1. The summed E-state index contributed by atoms with van der Waals surface area (Å²) in [6, 6.07) is 0. The Kier molecular flexibility index (Phi) is 5.86. The molecule has 1 aliphatic carbocycles. The van der Waals surface area contributed by atoms with Crippen molar-refractivity contribution in [2.75, 3.05) is 19.7 Å². The van der Waals surface area contributed by atoms with Gasteiger partial charge in [0.1, 0.15) is 0 Å². The summed E-state index contributed by atoms with van der Waals surface area (Å²) in [7, 11) is 4.00. The molecular weight excluding hydrogens is 202 g/mol. The van der Waals surface area contributed by atoms with E-state index < -0.39 is 0 Å². The molecule has 1 rings (SSSR count). The van der Waals surface area contributed by atoms with Gasteiger partial charge in [0.15, 0.2) is 0 Å². The van der Waals surface area contributed by atoms with Crippen LogP contribution in [0, 0.1) is 7.05 Å². The van der Waals surface area contributed by atoms with Gasteiger partial charge in [-0.2, -0.15) is 7.05 Å². The lowest BCUT2D eigenvalue weighted by Crippen LogP contribution is -3.07. The predicted octanol–water partition coefficient (Wildman–Crippen LogP) is 0.892. The molecule has 0 fully saturated rings. The lowest BCUT2D eigenvalue weighted by atomic mass is 10.1. The standard InChI is InChI=1S/C13H21NO2/c1-3-16-13(15)9-10-14(2)11-12-7-5-4-6-8-12/h5,7-8,14H,2-4,6,9-11H2,1H3. The molecule has 1 atom stereocenters. The number of hydrogen-bond donors (Lipinski definition) is 1. The van der Waals surface area contributed by atoms with E-state index in [1.807, 2.05) is 6.92 Å². The van der Waals surface area contributed by atoms with Crippen molar-refractivity contribution in [2.45, 2.75) is 26.2 Å². The fourth-order valence-electron chi connectivity index (χ4n) is 1.69. The number of allylic oxidation sites excluding steroid dienone is 2. The van der Waals surface area contributed by atoms with E-state index in [4.69, 9.17) is 4.74 Å². The molecule has 0 saturated carbocycles. The molecule has 0 amide bonds. The molecule has 90 valence electrons. The largest absolute Gasteiger partial charge is 0.466 e. The number of nitrogens with one attached hydrogen (secondary N) is 1. The van der Waals surface area contributed by atoms with Crippen LogP contribution in [0.3, 0.4) is 0 Å². The van der Waals surface area contributed by atoms with E-state index in [2.05, 4.69) is 25.3 Å². The summed E-state index contributed by atoms with van der Waals surface area (Å²) in [4.78, 5) is 12.3. The van der Waals surface area contributed by atoms with E-state index in [1.165, 1.54) is 5.57 Å². The molecule has 0 spiro atoms. The molecule has 1 unspecified atom stereocenters. The second-order valence-electron chi connectivity index (χ2n) is 3.99. The minimum absolute atomic E-state index is 0.128. The van der Waals surface area contributed by atoms with E-state index in [9.17, 15) is 4.79 Å². The smallest absolute Gasteiger partial charge is 0.311 e. The van der Waals surface area contributed by atoms with E-state index in [1.54, 1.807) is 0 Å². The Labute approximate surface area is 97.8 Å². The quantitative estimate of drug-likeness (QED) is 0.535. The van der Waals surface area contributed by atoms with Gasteiger partial charge >= 0.3 is 5.97 Å². The number of esters is 1. The molecular formula is C13H21NO2. The average Bonchev–Trinajstić information content (AvgIpc) is 2.28. The van der Waals surface area contributed by atoms with Crippen LogP contribution < -0.4 is 4.90 Å². The van der Waals surface area contributed by atoms with Gasteiger partial charge in [-0.1, -0.05) is 18.2 Å². The third-order valence-corrected chi connectivity index (χ3v) is 2.51. The number of rotatable bonds is 6. The van der Waals surface area contributed by atoms with Crippen molar-refractivity contribution in [1.29, 1.82) is 0 Å². The van der Waals surface area contributed by atoms with Crippen LogP contribution in [0.1, 0.15) is 26.2 Å². The van der Waals surface area contributed by atoms with Crippen LogP contribution in [0.4, 0.5) is 0 Å². The highest BCUT2D eigenvalue weighted by atomic mass is 16.5. The van der Waals surface area contributed by atoms with E-state index in [0.29, 0.717) is 13.0 Å². The molecule has 0 radical (unpaired) electrons. The summed E-state index contributed by atoms with van der Waals surface area (Å²) >= 11 is 0. The summed E-state index contributed by atoms with van der Waals surface area (Å²) in [5.74, 6) is -0.128. The van der Waals surface area contributed by atoms with Gasteiger partial charge in [0, 0.05) is 0 Å². The minimum Gasteiger partial charge on any atom is -0.466 e. The zero-order chi connectivity index (χ0) is 11.8. The van der Waals surface area contributed by atoms with Crippen LogP contribution in [0.2, 0.25) is 0 Å². The first-order valence-corrected chi connectivity index (χ1v) is 5.90. The van der Waals surface area contributed by atoms with Crippen LogP contribution >= 0.6 is 0 Å². The first-order chi connectivity index (χ1) is 7.72. The van der Waals surface area contributed by atoms with Crippen molar-refractivity contribution in [2.24, 2.45) is 0 Å². The van der Waals surface area contributed by atoms with Crippen molar-refractivity contribution >= 4 is 5.97 Å². The average molecular weight is 223 g/mol. The number of carbonyl (C=O) groups is 1. The van der Waals surface area contributed by atoms with Gasteiger partial charge in [-0.3, -0.25) is 4.79 Å². The molecule has 16 heavy (non-hydrogen) atoms. The molecule has 1 aliphatic rings. The number of ether oxygens (including phenoxy) is 1. The highest BCUT2D eigenvalue weighted by Gasteiger charge is 2.06. The highest BCUT2D eigenvalue weighted by molar-refractivity contribution is 5.69. The van der Waals surface area contributed by atoms with Crippen LogP contribution in [0.25, 0.3) is 0 Å². The van der Waals surface area contributed by atoms with Gasteiger partial charge in [-0.15, -0.1) is 0 Å². The van der Waals surface area contributed by atoms with E-state index in [-0.39, 0.29) is 5.97 Å². The number of hydrogen-bond acceptors (Lipinski definition) is 2. The summed E-state index contributed by atoms with van der Waals surface area (Å²) in [6.07, 6.45) is 9.29. The van der Waals surface area contributed by atoms with Gasteiger partial charge < -0.3 is 9.64 Å². The third kappa shape index (κ3) is 5.12. The Balaban J connectivity index is 2.20. The molecule has 0 bridgehead atoms.